The number of nitrogens with one attached hydrogen (secondary N) is 1. The van der Waals surface area contributed by atoms with Crippen molar-refractivity contribution in [2.45, 2.75) is 25.0 Å². The molecule has 3 aromatic rings. The zero-order valence-electron chi connectivity index (χ0n) is 17.3. The molecule has 0 radical (unpaired) electrons. The lowest BCUT2D eigenvalue weighted by Crippen LogP contribution is -2.38. The fraction of sp³-hybridized carbons (Fsp3) is 0.273. The van der Waals surface area contributed by atoms with E-state index in [4.69, 9.17) is 0 Å². The van der Waals surface area contributed by atoms with E-state index in [1.165, 1.54) is 39.9 Å². The van der Waals surface area contributed by atoms with Gasteiger partial charge in [0.05, 0.1) is 11.4 Å². The van der Waals surface area contributed by atoms with Crippen LogP contribution >= 0.6 is 23.1 Å². The molecule has 0 saturated carbocycles. The molecule has 0 bridgehead atoms. The van der Waals surface area contributed by atoms with Gasteiger partial charge in [-0.3, -0.25) is 19.8 Å². The lowest BCUT2D eigenvalue weighted by molar-refractivity contribution is -0.128. The molecule has 3 heterocycles. The maximum atomic E-state index is 13.1. The molecule has 4 rings (SSSR count). The molecule has 1 aromatic carbocycles. The van der Waals surface area contributed by atoms with Crippen LogP contribution in [0.1, 0.15) is 18.9 Å². The zero-order valence-corrected chi connectivity index (χ0v) is 19.0. The molecule has 10 heteroatoms. The van der Waals surface area contributed by atoms with Crippen LogP contribution in [0.3, 0.4) is 0 Å². The van der Waals surface area contributed by atoms with Gasteiger partial charge in [-0.2, -0.15) is 4.68 Å². The summed E-state index contributed by atoms with van der Waals surface area (Å²) in [6.45, 7) is 6.26. The molecule has 32 heavy (non-hydrogen) atoms. The van der Waals surface area contributed by atoms with E-state index in [2.05, 4.69) is 17.0 Å². The number of nitrogens with zero attached hydrogens (tertiary/aromatic N) is 3. The molecule has 1 unspecified atom stereocenters. The number of fused-ring (bicyclic) bond motifs is 1. The van der Waals surface area contributed by atoms with Crippen molar-refractivity contribution in [1.29, 1.82) is 0 Å². The van der Waals surface area contributed by atoms with E-state index in [-0.39, 0.29) is 30.2 Å². The second-order valence-corrected chi connectivity index (χ2v) is 9.55. The molecule has 1 saturated heterocycles. The van der Waals surface area contributed by atoms with Crippen LogP contribution in [-0.2, 0) is 16.1 Å². The average molecular weight is 473 g/mol. The first-order valence-electron chi connectivity index (χ1n) is 9.92. The minimum atomic E-state index is -0.604. The average Bonchev–Trinajstić information content (AvgIpc) is 3.37. The summed E-state index contributed by atoms with van der Waals surface area (Å²) in [5, 5.41) is 2.14. The number of aromatic nitrogens is 2. The van der Waals surface area contributed by atoms with Crippen LogP contribution in [-0.4, -0.2) is 38.7 Å². The molecule has 7 nitrogen and oxygen atoms in total. The number of amides is 2. The first kappa shape index (κ1) is 22.2. The highest BCUT2D eigenvalue weighted by atomic mass is 32.2. The normalized spacial score (nSPS) is 16.0. The molecular weight excluding hydrogens is 451 g/mol. The predicted octanol–water partition coefficient (Wildman–Crippen LogP) is 3.38. The molecule has 2 amide bonds. The monoisotopic (exact) mass is 472 g/mol. The number of likely N-dealkylation sites (tertiary alicyclic amines) is 1. The fourth-order valence-corrected chi connectivity index (χ4v) is 4.94. The van der Waals surface area contributed by atoms with Crippen molar-refractivity contribution in [2.75, 3.05) is 17.7 Å². The molecule has 1 aliphatic heterocycles. The van der Waals surface area contributed by atoms with E-state index < -0.39 is 11.8 Å². The number of thiophene rings is 1. The first-order chi connectivity index (χ1) is 15.3. The SMILES string of the molecule is C=C(C)CSc1nc2ccsc2c(=O)n1NC(=O)C1CC(=O)N(Cc2ccc(F)cc2)C1. The molecule has 1 fully saturated rings. The number of benzene rings is 1. The number of carbonyl (C=O) groups is 2. The molecule has 1 aliphatic rings. The minimum Gasteiger partial charge on any atom is -0.338 e. The van der Waals surface area contributed by atoms with Crippen LogP contribution in [0.5, 0.6) is 0 Å². The maximum absolute atomic E-state index is 13.1. The van der Waals surface area contributed by atoms with Crippen LogP contribution in [0.2, 0.25) is 0 Å². The number of carbonyl (C=O) groups excluding carboxylic acids is 2. The Hall–Kier alpha value is -2.98. The highest BCUT2D eigenvalue weighted by Gasteiger charge is 2.35. The Balaban J connectivity index is 1.52. The third kappa shape index (κ3) is 4.76. The third-order valence-electron chi connectivity index (χ3n) is 4.99. The van der Waals surface area contributed by atoms with Gasteiger partial charge in [-0.1, -0.05) is 36.0 Å². The van der Waals surface area contributed by atoms with Gasteiger partial charge in [0.1, 0.15) is 10.5 Å². The number of halogens is 1. The molecule has 2 aromatic heterocycles. The van der Waals surface area contributed by atoms with Crippen molar-refractivity contribution in [3.05, 3.63) is 69.6 Å². The van der Waals surface area contributed by atoms with Gasteiger partial charge in [-0.05, 0) is 36.1 Å². The standard InChI is InChI=1S/C22H21FN4O3S2/c1-13(2)12-32-22-24-17-7-8-31-19(17)21(30)27(22)25-20(29)15-9-18(28)26(11-15)10-14-3-5-16(23)6-4-14/h3-8,15H,1,9-12H2,2H3,(H,25,29). The number of rotatable bonds is 7. The van der Waals surface area contributed by atoms with Crippen LogP contribution in [0.4, 0.5) is 4.39 Å². The predicted molar refractivity (Wildman–Crippen MR) is 124 cm³/mol. The van der Waals surface area contributed by atoms with Gasteiger partial charge >= 0.3 is 0 Å². The van der Waals surface area contributed by atoms with Crippen molar-refractivity contribution in [1.82, 2.24) is 14.6 Å². The third-order valence-corrected chi connectivity index (χ3v) is 7.05. The summed E-state index contributed by atoms with van der Waals surface area (Å²) in [6.07, 6.45) is 0.0463. The Morgan fingerprint density at radius 3 is 2.78 bits per heavy atom. The summed E-state index contributed by atoms with van der Waals surface area (Å²) in [5.74, 6) is -0.984. The summed E-state index contributed by atoms with van der Waals surface area (Å²) in [7, 11) is 0. The Bertz CT molecular complexity index is 1250. The van der Waals surface area contributed by atoms with Crippen LogP contribution in [0.15, 0.2) is 57.8 Å². The van der Waals surface area contributed by atoms with Gasteiger partial charge in [0.2, 0.25) is 11.8 Å². The van der Waals surface area contributed by atoms with Gasteiger partial charge in [-0.25, -0.2) is 9.37 Å². The Morgan fingerprint density at radius 1 is 1.31 bits per heavy atom. The highest BCUT2D eigenvalue weighted by molar-refractivity contribution is 7.99. The van der Waals surface area contributed by atoms with Crippen molar-refractivity contribution < 1.29 is 14.0 Å². The minimum absolute atomic E-state index is 0.0463. The van der Waals surface area contributed by atoms with E-state index >= 15 is 0 Å². The Morgan fingerprint density at radius 2 is 2.06 bits per heavy atom. The van der Waals surface area contributed by atoms with Crippen molar-refractivity contribution in [3.63, 3.8) is 0 Å². The lowest BCUT2D eigenvalue weighted by Gasteiger charge is -2.18. The molecular formula is C22H21FN4O3S2. The van der Waals surface area contributed by atoms with Crippen molar-refractivity contribution >= 4 is 45.1 Å². The fourth-order valence-electron chi connectivity index (χ4n) is 3.39. The zero-order chi connectivity index (χ0) is 22.8. The largest absolute Gasteiger partial charge is 0.338 e. The second kappa shape index (κ2) is 9.25. The first-order valence-corrected chi connectivity index (χ1v) is 11.8. The highest BCUT2D eigenvalue weighted by Crippen LogP contribution is 2.23. The van der Waals surface area contributed by atoms with E-state index in [1.807, 2.05) is 6.92 Å². The van der Waals surface area contributed by atoms with Gasteiger partial charge in [0.25, 0.3) is 5.56 Å². The molecule has 1 N–H and O–H groups in total. The maximum Gasteiger partial charge on any atom is 0.291 e. The smallest absolute Gasteiger partial charge is 0.291 e. The summed E-state index contributed by atoms with van der Waals surface area (Å²) in [5.41, 5.74) is 4.59. The summed E-state index contributed by atoms with van der Waals surface area (Å²) in [6, 6.07) is 7.67. The van der Waals surface area contributed by atoms with Gasteiger partial charge in [0, 0.05) is 25.3 Å². The van der Waals surface area contributed by atoms with Crippen LogP contribution in [0, 0.1) is 11.7 Å². The molecule has 1 atom stereocenters. The van der Waals surface area contributed by atoms with Gasteiger partial charge in [0.15, 0.2) is 5.16 Å². The van der Waals surface area contributed by atoms with E-state index in [0.717, 1.165) is 11.1 Å². The number of hydrogen-bond donors (Lipinski definition) is 1. The van der Waals surface area contributed by atoms with Gasteiger partial charge in [-0.15, -0.1) is 11.3 Å². The van der Waals surface area contributed by atoms with E-state index in [9.17, 15) is 18.8 Å². The summed E-state index contributed by atoms with van der Waals surface area (Å²) >= 11 is 2.57. The van der Waals surface area contributed by atoms with E-state index in [0.29, 0.717) is 27.7 Å². The molecule has 166 valence electrons. The van der Waals surface area contributed by atoms with Crippen molar-refractivity contribution in [2.24, 2.45) is 5.92 Å². The molecule has 0 aliphatic carbocycles. The van der Waals surface area contributed by atoms with Crippen LogP contribution < -0.4 is 11.0 Å². The summed E-state index contributed by atoms with van der Waals surface area (Å²) < 4.78 is 14.7. The van der Waals surface area contributed by atoms with Crippen LogP contribution in [0.25, 0.3) is 10.2 Å². The Labute approximate surface area is 191 Å². The second-order valence-electron chi connectivity index (χ2n) is 7.69. The quantitative estimate of drug-likeness (QED) is 0.324. The summed E-state index contributed by atoms with van der Waals surface area (Å²) in [4.78, 5) is 44.5. The molecule has 0 spiro atoms. The number of thioether (sulfide) groups is 1. The number of hydrogen-bond acceptors (Lipinski definition) is 6. The topological polar surface area (TPSA) is 84.3 Å². The van der Waals surface area contributed by atoms with Gasteiger partial charge < -0.3 is 4.90 Å². The Kier molecular flexibility index (Phi) is 6.43. The van der Waals surface area contributed by atoms with E-state index in [1.54, 1.807) is 28.5 Å². The lowest BCUT2D eigenvalue weighted by atomic mass is 10.1. The van der Waals surface area contributed by atoms with Crippen molar-refractivity contribution in [3.8, 4) is 0 Å².